The number of aromatic nitrogens is 1. The monoisotopic (exact) mass is 240 g/mol. The number of nitriles is 1. The normalized spacial score (nSPS) is 10.4. The van der Waals surface area contributed by atoms with Crippen LogP contribution >= 0.6 is 0 Å². The van der Waals surface area contributed by atoms with Crippen LogP contribution in [0.3, 0.4) is 0 Å². The zero-order valence-electron chi connectivity index (χ0n) is 10.5. The van der Waals surface area contributed by atoms with E-state index in [9.17, 15) is 4.79 Å². The fourth-order valence-corrected chi connectivity index (χ4v) is 2.14. The average molecular weight is 240 g/mol. The first-order chi connectivity index (χ1) is 8.76. The second kappa shape index (κ2) is 5.50. The summed E-state index contributed by atoms with van der Waals surface area (Å²) in [4.78, 5) is 11.3. The van der Waals surface area contributed by atoms with Crippen molar-refractivity contribution in [2.75, 3.05) is 0 Å². The molecule has 0 bridgehead atoms. The van der Waals surface area contributed by atoms with Gasteiger partial charge in [0.2, 0.25) is 0 Å². The zero-order valence-corrected chi connectivity index (χ0v) is 10.5. The van der Waals surface area contributed by atoms with Crippen molar-refractivity contribution >= 4 is 16.7 Å². The van der Waals surface area contributed by atoms with Crippen LogP contribution in [0.4, 0.5) is 0 Å². The molecule has 1 aromatic carbocycles. The molecule has 2 rings (SSSR count). The van der Waals surface area contributed by atoms with Crippen LogP contribution in [0.2, 0.25) is 0 Å². The molecule has 0 saturated heterocycles. The predicted octanol–water partition coefficient (Wildman–Crippen LogP) is 3.27. The van der Waals surface area contributed by atoms with Crippen molar-refractivity contribution < 1.29 is 4.79 Å². The van der Waals surface area contributed by atoms with Crippen LogP contribution in [0.5, 0.6) is 0 Å². The van der Waals surface area contributed by atoms with Gasteiger partial charge >= 0.3 is 0 Å². The second-order valence-corrected chi connectivity index (χ2v) is 4.36. The Kier molecular flexibility index (Phi) is 3.78. The number of benzene rings is 1. The smallest absolute Gasteiger partial charge is 0.132 e. The number of hydrogen-bond acceptors (Lipinski definition) is 2. The lowest BCUT2D eigenvalue weighted by Crippen LogP contribution is -2.00. The third kappa shape index (κ3) is 2.43. The molecule has 0 spiro atoms. The van der Waals surface area contributed by atoms with E-state index in [4.69, 9.17) is 5.26 Å². The van der Waals surface area contributed by atoms with Crippen LogP contribution in [0.25, 0.3) is 10.9 Å². The van der Waals surface area contributed by atoms with E-state index in [0.29, 0.717) is 24.2 Å². The lowest BCUT2D eigenvalue weighted by Gasteiger charge is -2.04. The summed E-state index contributed by atoms with van der Waals surface area (Å²) in [6.45, 7) is 2.72. The van der Waals surface area contributed by atoms with Crippen LogP contribution in [-0.4, -0.2) is 10.4 Å². The predicted molar refractivity (Wildman–Crippen MR) is 71.2 cm³/mol. The molecule has 0 fully saturated rings. The Bertz CT molecular complexity index is 604. The van der Waals surface area contributed by atoms with E-state index in [2.05, 4.69) is 10.6 Å². The van der Waals surface area contributed by atoms with E-state index in [1.54, 1.807) is 0 Å². The van der Waals surface area contributed by atoms with Crippen molar-refractivity contribution in [3.63, 3.8) is 0 Å². The van der Waals surface area contributed by atoms with Crippen molar-refractivity contribution in [3.05, 3.63) is 36.0 Å². The molecule has 0 aliphatic rings. The van der Waals surface area contributed by atoms with E-state index < -0.39 is 0 Å². The van der Waals surface area contributed by atoms with Gasteiger partial charge in [-0.1, -0.05) is 13.0 Å². The highest BCUT2D eigenvalue weighted by Crippen LogP contribution is 2.20. The summed E-state index contributed by atoms with van der Waals surface area (Å²) >= 11 is 0. The number of aryl methyl sites for hydroxylation is 1. The highest BCUT2D eigenvalue weighted by atomic mass is 16.1. The third-order valence-corrected chi connectivity index (χ3v) is 3.18. The van der Waals surface area contributed by atoms with E-state index in [0.717, 1.165) is 23.9 Å². The van der Waals surface area contributed by atoms with Gasteiger partial charge in [0.25, 0.3) is 0 Å². The molecule has 0 atom stereocenters. The van der Waals surface area contributed by atoms with Gasteiger partial charge < -0.3 is 4.57 Å². The zero-order chi connectivity index (χ0) is 13.0. The van der Waals surface area contributed by atoms with Crippen molar-refractivity contribution in [1.82, 2.24) is 4.57 Å². The Morgan fingerprint density at radius 2 is 2.22 bits per heavy atom. The van der Waals surface area contributed by atoms with Gasteiger partial charge in [-0.05, 0) is 24.6 Å². The Hall–Kier alpha value is -2.08. The number of ketones is 1. The van der Waals surface area contributed by atoms with E-state index >= 15 is 0 Å². The van der Waals surface area contributed by atoms with E-state index in [1.807, 2.05) is 37.4 Å². The Labute approximate surface area is 107 Å². The van der Waals surface area contributed by atoms with Gasteiger partial charge in [0.1, 0.15) is 5.78 Å². The standard InChI is InChI=1S/C15H16N2O/c1-2-13(18)6-4-9-17-10-8-14-12(11-16)5-3-7-15(14)17/h3,5,7-8,10H,2,4,6,9H2,1H3. The minimum absolute atomic E-state index is 0.309. The van der Waals surface area contributed by atoms with Crippen molar-refractivity contribution in [3.8, 4) is 6.07 Å². The van der Waals surface area contributed by atoms with Gasteiger partial charge in [-0.2, -0.15) is 5.26 Å². The van der Waals surface area contributed by atoms with Gasteiger partial charge in [-0.25, -0.2) is 0 Å². The quantitative estimate of drug-likeness (QED) is 0.805. The Morgan fingerprint density at radius 1 is 1.39 bits per heavy atom. The van der Waals surface area contributed by atoms with Gasteiger partial charge in [-0.3, -0.25) is 4.79 Å². The number of fused-ring (bicyclic) bond motifs is 1. The molecule has 0 aliphatic heterocycles. The maximum atomic E-state index is 11.3. The molecule has 0 radical (unpaired) electrons. The highest BCUT2D eigenvalue weighted by Gasteiger charge is 2.05. The molecular formula is C15H16N2O. The van der Waals surface area contributed by atoms with Gasteiger partial charge in [0.15, 0.2) is 0 Å². The third-order valence-electron chi connectivity index (χ3n) is 3.18. The maximum Gasteiger partial charge on any atom is 0.132 e. The molecule has 1 heterocycles. The lowest BCUT2D eigenvalue weighted by molar-refractivity contribution is -0.118. The Balaban J connectivity index is 2.15. The molecule has 0 saturated carbocycles. The topological polar surface area (TPSA) is 45.8 Å². The number of carbonyl (C=O) groups is 1. The molecule has 0 amide bonds. The number of Topliss-reactive ketones (excluding diaryl/α,β-unsaturated/α-hetero) is 1. The molecule has 2 aromatic rings. The van der Waals surface area contributed by atoms with E-state index in [-0.39, 0.29) is 0 Å². The average Bonchev–Trinajstić information content (AvgIpc) is 2.82. The molecule has 1 aromatic heterocycles. The first kappa shape index (κ1) is 12.4. The van der Waals surface area contributed by atoms with E-state index in [1.165, 1.54) is 0 Å². The largest absolute Gasteiger partial charge is 0.347 e. The lowest BCUT2D eigenvalue weighted by atomic mass is 10.1. The van der Waals surface area contributed by atoms with Crippen LogP contribution in [0.1, 0.15) is 31.7 Å². The molecule has 0 aliphatic carbocycles. The summed E-state index contributed by atoms with van der Waals surface area (Å²) < 4.78 is 2.11. The van der Waals surface area contributed by atoms with Crippen molar-refractivity contribution in [2.24, 2.45) is 0 Å². The van der Waals surface area contributed by atoms with Crippen LogP contribution < -0.4 is 0 Å². The molecular weight excluding hydrogens is 224 g/mol. The van der Waals surface area contributed by atoms with Crippen LogP contribution in [0.15, 0.2) is 30.5 Å². The molecule has 0 N–H and O–H groups in total. The summed E-state index contributed by atoms with van der Waals surface area (Å²) in [6.07, 6.45) is 4.09. The number of rotatable bonds is 5. The molecule has 3 heteroatoms. The SMILES string of the molecule is CCC(=O)CCCn1ccc2c(C#N)cccc21. The first-order valence-corrected chi connectivity index (χ1v) is 6.26. The summed E-state index contributed by atoms with van der Waals surface area (Å²) in [5.41, 5.74) is 1.77. The minimum Gasteiger partial charge on any atom is -0.347 e. The molecule has 18 heavy (non-hydrogen) atoms. The fraction of sp³-hybridized carbons (Fsp3) is 0.333. The van der Waals surface area contributed by atoms with Crippen molar-refractivity contribution in [2.45, 2.75) is 32.7 Å². The summed E-state index contributed by atoms with van der Waals surface area (Å²) in [5, 5.41) is 10.0. The first-order valence-electron chi connectivity index (χ1n) is 6.26. The van der Waals surface area contributed by atoms with Gasteiger partial charge in [0, 0.05) is 36.5 Å². The molecule has 0 unspecified atom stereocenters. The molecule has 3 nitrogen and oxygen atoms in total. The number of hydrogen-bond donors (Lipinski definition) is 0. The maximum absolute atomic E-state index is 11.3. The van der Waals surface area contributed by atoms with Gasteiger partial charge in [-0.15, -0.1) is 0 Å². The minimum atomic E-state index is 0.309. The van der Waals surface area contributed by atoms with Gasteiger partial charge in [0.05, 0.1) is 11.6 Å². The second-order valence-electron chi connectivity index (χ2n) is 4.36. The number of nitrogens with zero attached hydrogens (tertiary/aromatic N) is 2. The molecule has 92 valence electrons. The summed E-state index contributed by atoms with van der Waals surface area (Å²) in [7, 11) is 0. The highest BCUT2D eigenvalue weighted by molar-refractivity contribution is 5.86. The van der Waals surface area contributed by atoms with Crippen LogP contribution in [0, 0.1) is 11.3 Å². The van der Waals surface area contributed by atoms with Crippen LogP contribution in [-0.2, 0) is 11.3 Å². The fourth-order valence-electron chi connectivity index (χ4n) is 2.14. The Morgan fingerprint density at radius 3 is 2.94 bits per heavy atom. The summed E-state index contributed by atoms with van der Waals surface area (Å²) in [5.74, 6) is 0.309. The van der Waals surface area contributed by atoms with Crippen molar-refractivity contribution in [1.29, 1.82) is 5.26 Å². The summed E-state index contributed by atoms with van der Waals surface area (Å²) in [6, 6.07) is 9.90. The number of carbonyl (C=O) groups excluding carboxylic acids is 1.